The summed E-state index contributed by atoms with van der Waals surface area (Å²) in [4.78, 5) is 6.53. The lowest BCUT2D eigenvalue weighted by Crippen LogP contribution is -2.17. The van der Waals surface area contributed by atoms with Gasteiger partial charge in [-0.2, -0.15) is 0 Å². The van der Waals surface area contributed by atoms with Crippen LogP contribution in [0, 0.1) is 0 Å². The number of benzene rings is 1. The topological polar surface area (TPSA) is 51.4 Å². The summed E-state index contributed by atoms with van der Waals surface area (Å²) in [6.07, 6.45) is 0. The van der Waals surface area contributed by atoms with Gasteiger partial charge in [0.1, 0.15) is 5.75 Å². The van der Waals surface area contributed by atoms with Crippen LogP contribution >= 0.6 is 11.3 Å². The second kappa shape index (κ2) is 6.65. The van der Waals surface area contributed by atoms with Gasteiger partial charge in [-0.15, -0.1) is 11.3 Å². The molecule has 2 aromatic rings. The van der Waals surface area contributed by atoms with E-state index in [4.69, 9.17) is 10.5 Å². The van der Waals surface area contributed by atoms with Crippen LogP contribution in [0.4, 0.5) is 0 Å². The minimum atomic E-state index is 0.493. The highest BCUT2D eigenvalue weighted by molar-refractivity contribution is 7.07. The third kappa shape index (κ3) is 3.76. The molecule has 102 valence electrons. The minimum absolute atomic E-state index is 0.493. The number of thiazole rings is 1. The van der Waals surface area contributed by atoms with Gasteiger partial charge in [0, 0.05) is 30.6 Å². The standard InChI is InChI=1S/C14H19N3OS/c1-17(8-13-9-19-10-16-13)7-11-3-4-14(18-2)12(5-11)6-15/h3-5,9-10H,6-8,15H2,1-2H3. The van der Waals surface area contributed by atoms with Crippen LogP contribution in [0.25, 0.3) is 0 Å². The second-order valence-electron chi connectivity index (χ2n) is 4.50. The maximum Gasteiger partial charge on any atom is 0.123 e. The average molecular weight is 277 g/mol. The molecule has 0 spiro atoms. The number of ether oxygens (including phenoxy) is 1. The van der Waals surface area contributed by atoms with Crippen LogP contribution in [-0.4, -0.2) is 24.0 Å². The van der Waals surface area contributed by atoms with Gasteiger partial charge < -0.3 is 10.5 Å². The molecule has 0 bridgehead atoms. The summed E-state index contributed by atoms with van der Waals surface area (Å²) in [5.74, 6) is 0.855. The first-order chi connectivity index (χ1) is 9.22. The fraction of sp³-hybridized carbons (Fsp3) is 0.357. The third-order valence-electron chi connectivity index (χ3n) is 2.93. The van der Waals surface area contributed by atoms with E-state index in [-0.39, 0.29) is 0 Å². The molecule has 2 N–H and O–H groups in total. The summed E-state index contributed by atoms with van der Waals surface area (Å²) < 4.78 is 5.28. The molecule has 0 saturated carbocycles. The van der Waals surface area contributed by atoms with Crippen molar-refractivity contribution in [1.82, 2.24) is 9.88 Å². The zero-order chi connectivity index (χ0) is 13.7. The van der Waals surface area contributed by atoms with Gasteiger partial charge in [0.25, 0.3) is 0 Å². The number of rotatable bonds is 6. The van der Waals surface area contributed by atoms with Crippen molar-refractivity contribution in [2.24, 2.45) is 5.73 Å². The Hall–Kier alpha value is -1.43. The fourth-order valence-corrected chi connectivity index (χ4v) is 2.60. The molecule has 0 saturated heterocycles. The normalized spacial score (nSPS) is 10.9. The second-order valence-corrected chi connectivity index (χ2v) is 5.22. The van der Waals surface area contributed by atoms with Crippen molar-refractivity contribution in [2.75, 3.05) is 14.2 Å². The van der Waals surface area contributed by atoms with Crippen LogP contribution in [0.5, 0.6) is 5.75 Å². The number of methoxy groups -OCH3 is 1. The van der Waals surface area contributed by atoms with Crippen molar-refractivity contribution < 1.29 is 4.74 Å². The zero-order valence-electron chi connectivity index (χ0n) is 11.3. The molecule has 0 fully saturated rings. The molecule has 2 rings (SSSR count). The summed E-state index contributed by atoms with van der Waals surface area (Å²) in [6, 6.07) is 6.17. The van der Waals surface area contributed by atoms with Crippen LogP contribution in [-0.2, 0) is 19.6 Å². The maximum atomic E-state index is 5.73. The van der Waals surface area contributed by atoms with Crippen LogP contribution < -0.4 is 10.5 Å². The molecular formula is C14H19N3OS. The van der Waals surface area contributed by atoms with E-state index in [9.17, 15) is 0 Å². The van der Waals surface area contributed by atoms with Crippen LogP contribution in [0.15, 0.2) is 29.1 Å². The molecule has 1 aromatic heterocycles. The molecule has 1 aromatic carbocycles. The maximum absolute atomic E-state index is 5.73. The van der Waals surface area contributed by atoms with Crippen LogP contribution in [0.1, 0.15) is 16.8 Å². The van der Waals surface area contributed by atoms with E-state index in [0.29, 0.717) is 6.54 Å². The van der Waals surface area contributed by atoms with Gasteiger partial charge in [-0.25, -0.2) is 4.98 Å². The van der Waals surface area contributed by atoms with Gasteiger partial charge in [-0.05, 0) is 24.7 Å². The lowest BCUT2D eigenvalue weighted by Gasteiger charge is -2.16. The Morgan fingerprint density at radius 3 is 2.84 bits per heavy atom. The quantitative estimate of drug-likeness (QED) is 0.880. The Bertz CT molecular complexity index is 513. The SMILES string of the molecule is COc1ccc(CN(C)Cc2cscn2)cc1CN. The van der Waals surface area contributed by atoms with Gasteiger partial charge in [-0.3, -0.25) is 4.90 Å². The van der Waals surface area contributed by atoms with E-state index in [1.165, 1.54) is 5.56 Å². The first-order valence-electron chi connectivity index (χ1n) is 6.14. The number of aromatic nitrogens is 1. The molecule has 1 heterocycles. The Balaban J connectivity index is 2.02. The van der Waals surface area contributed by atoms with Gasteiger partial charge >= 0.3 is 0 Å². The van der Waals surface area contributed by atoms with Crippen LogP contribution in [0.2, 0.25) is 0 Å². The predicted molar refractivity (Wildman–Crippen MR) is 78.2 cm³/mol. The van der Waals surface area contributed by atoms with Crippen LogP contribution in [0.3, 0.4) is 0 Å². The van der Waals surface area contributed by atoms with E-state index in [0.717, 1.165) is 30.1 Å². The molecule has 0 aliphatic heterocycles. The Morgan fingerprint density at radius 2 is 2.21 bits per heavy atom. The monoisotopic (exact) mass is 277 g/mol. The summed E-state index contributed by atoms with van der Waals surface area (Å²) in [5, 5.41) is 2.08. The van der Waals surface area contributed by atoms with Gasteiger partial charge in [0.05, 0.1) is 18.3 Å². The molecule has 0 aliphatic rings. The van der Waals surface area contributed by atoms with Crippen molar-refractivity contribution in [3.05, 3.63) is 45.9 Å². The van der Waals surface area contributed by atoms with E-state index < -0.39 is 0 Å². The molecule has 5 heteroatoms. The van der Waals surface area contributed by atoms with Crippen molar-refractivity contribution in [3.63, 3.8) is 0 Å². The highest BCUT2D eigenvalue weighted by Gasteiger charge is 2.06. The molecule has 0 atom stereocenters. The molecular weight excluding hydrogens is 258 g/mol. The summed E-state index contributed by atoms with van der Waals surface area (Å²) in [6.45, 7) is 2.22. The van der Waals surface area contributed by atoms with Crippen molar-refractivity contribution in [2.45, 2.75) is 19.6 Å². The predicted octanol–water partition coefficient (Wildman–Crippen LogP) is 2.24. The Kier molecular flexibility index (Phi) is 4.90. The summed E-state index contributed by atoms with van der Waals surface area (Å²) in [5.41, 5.74) is 11.0. The smallest absolute Gasteiger partial charge is 0.123 e. The number of nitrogens with two attached hydrogens (primary N) is 1. The van der Waals surface area contributed by atoms with Crippen molar-refractivity contribution >= 4 is 11.3 Å². The van der Waals surface area contributed by atoms with Gasteiger partial charge in [0.2, 0.25) is 0 Å². The van der Waals surface area contributed by atoms with E-state index in [2.05, 4.69) is 34.4 Å². The first-order valence-corrected chi connectivity index (χ1v) is 7.08. The van der Waals surface area contributed by atoms with Crippen molar-refractivity contribution in [1.29, 1.82) is 0 Å². The Morgan fingerprint density at radius 1 is 1.37 bits per heavy atom. The minimum Gasteiger partial charge on any atom is -0.496 e. The van der Waals surface area contributed by atoms with E-state index in [1.54, 1.807) is 18.4 Å². The lowest BCUT2D eigenvalue weighted by atomic mass is 10.1. The molecule has 0 radical (unpaired) electrons. The lowest BCUT2D eigenvalue weighted by molar-refractivity contribution is 0.315. The highest BCUT2D eigenvalue weighted by Crippen LogP contribution is 2.20. The molecule has 0 amide bonds. The molecule has 0 unspecified atom stereocenters. The first kappa shape index (κ1) is 14.0. The molecule has 4 nitrogen and oxygen atoms in total. The van der Waals surface area contributed by atoms with Crippen molar-refractivity contribution in [3.8, 4) is 5.75 Å². The van der Waals surface area contributed by atoms with Gasteiger partial charge in [-0.1, -0.05) is 6.07 Å². The summed E-state index contributed by atoms with van der Waals surface area (Å²) in [7, 11) is 3.76. The average Bonchev–Trinajstić information content (AvgIpc) is 2.91. The van der Waals surface area contributed by atoms with Gasteiger partial charge in [0.15, 0.2) is 0 Å². The summed E-state index contributed by atoms with van der Waals surface area (Å²) >= 11 is 1.63. The number of nitrogens with zero attached hydrogens (tertiary/aromatic N) is 2. The molecule has 19 heavy (non-hydrogen) atoms. The fourth-order valence-electron chi connectivity index (χ4n) is 2.05. The van der Waals surface area contributed by atoms with E-state index >= 15 is 0 Å². The Labute approximate surface area is 117 Å². The largest absolute Gasteiger partial charge is 0.496 e. The highest BCUT2D eigenvalue weighted by atomic mass is 32.1. The molecule has 0 aliphatic carbocycles. The number of hydrogen-bond acceptors (Lipinski definition) is 5. The van der Waals surface area contributed by atoms with E-state index in [1.807, 2.05) is 11.6 Å². The number of hydrogen-bond donors (Lipinski definition) is 1. The zero-order valence-corrected chi connectivity index (χ0v) is 12.1. The third-order valence-corrected chi connectivity index (χ3v) is 3.57.